The van der Waals surface area contributed by atoms with Gasteiger partial charge in [-0.3, -0.25) is 0 Å². The predicted octanol–water partition coefficient (Wildman–Crippen LogP) is 2.28. The van der Waals surface area contributed by atoms with Gasteiger partial charge in [-0.1, -0.05) is 0 Å². The van der Waals surface area contributed by atoms with Crippen molar-refractivity contribution in [3.8, 4) is 6.07 Å². The van der Waals surface area contributed by atoms with Gasteiger partial charge >= 0.3 is 0 Å². The Labute approximate surface area is 115 Å². The van der Waals surface area contributed by atoms with Crippen LogP contribution in [0.3, 0.4) is 0 Å². The highest BCUT2D eigenvalue weighted by molar-refractivity contribution is 5.58. The Morgan fingerprint density at radius 3 is 2.53 bits per heavy atom. The maximum absolute atomic E-state index is 9.34. The largest absolute Gasteiger partial charge is 0.356 e. The third-order valence-electron chi connectivity index (χ3n) is 4.06. The fourth-order valence-electron chi connectivity index (χ4n) is 2.87. The molecule has 0 bridgehead atoms. The van der Waals surface area contributed by atoms with Crippen LogP contribution in [-0.2, 0) is 0 Å². The summed E-state index contributed by atoms with van der Waals surface area (Å²) in [4.78, 5) is 6.74. The first kappa shape index (κ1) is 13.8. The van der Waals surface area contributed by atoms with E-state index in [9.17, 15) is 5.26 Å². The van der Waals surface area contributed by atoms with Crippen molar-refractivity contribution < 1.29 is 0 Å². The number of nitrogens with two attached hydrogens (primary N) is 1. The summed E-state index contributed by atoms with van der Waals surface area (Å²) in [6, 6.07) is 5.04. The van der Waals surface area contributed by atoms with E-state index in [1.165, 1.54) is 0 Å². The van der Waals surface area contributed by atoms with Crippen LogP contribution in [0.2, 0.25) is 0 Å². The van der Waals surface area contributed by atoms with Crippen molar-refractivity contribution in [3.05, 3.63) is 22.9 Å². The first-order chi connectivity index (χ1) is 9.02. The number of rotatable bonds is 2. The number of pyridine rings is 1. The van der Waals surface area contributed by atoms with Gasteiger partial charge < -0.3 is 10.6 Å². The van der Waals surface area contributed by atoms with Crippen LogP contribution in [0.1, 0.15) is 42.5 Å². The Hall–Kier alpha value is -1.60. The van der Waals surface area contributed by atoms with Crippen LogP contribution < -0.4 is 10.6 Å². The molecular formula is C15H22N4. The number of aryl methyl sites for hydroxylation is 2. The summed E-state index contributed by atoms with van der Waals surface area (Å²) >= 11 is 0. The van der Waals surface area contributed by atoms with Gasteiger partial charge in [0.2, 0.25) is 0 Å². The van der Waals surface area contributed by atoms with Crippen molar-refractivity contribution in [1.82, 2.24) is 4.98 Å². The molecule has 1 saturated carbocycles. The highest BCUT2D eigenvalue weighted by Crippen LogP contribution is 2.28. The molecule has 0 saturated heterocycles. The van der Waals surface area contributed by atoms with Crippen LogP contribution in [0.25, 0.3) is 0 Å². The summed E-state index contributed by atoms with van der Waals surface area (Å²) in [5, 5.41) is 9.34. The monoisotopic (exact) mass is 258 g/mol. The van der Waals surface area contributed by atoms with Crippen LogP contribution in [0.4, 0.5) is 5.82 Å². The van der Waals surface area contributed by atoms with E-state index in [0.29, 0.717) is 17.6 Å². The lowest BCUT2D eigenvalue weighted by molar-refractivity contribution is 0.383. The highest BCUT2D eigenvalue weighted by atomic mass is 15.2. The van der Waals surface area contributed by atoms with Crippen molar-refractivity contribution in [2.75, 3.05) is 11.9 Å². The van der Waals surface area contributed by atoms with E-state index in [1.54, 1.807) is 0 Å². The lowest BCUT2D eigenvalue weighted by Crippen LogP contribution is -2.39. The summed E-state index contributed by atoms with van der Waals surface area (Å²) < 4.78 is 0. The van der Waals surface area contributed by atoms with Crippen molar-refractivity contribution in [2.45, 2.75) is 51.6 Å². The van der Waals surface area contributed by atoms with Crippen LogP contribution >= 0.6 is 0 Å². The van der Waals surface area contributed by atoms with E-state index in [-0.39, 0.29) is 0 Å². The molecule has 0 spiro atoms. The molecule has 1 aromatic rings. The van der Waals surface area contributed by atoms with E-state index in [0.717, 1.165) is 42.8 Å². The summed E-state index contributed by atoms with van der Waals surface area (Å²) in [5.74, 6) is 0.820. The van der Waals surface area contributed by atoms with Gasteiger partial charge in [-0.05, 0) is 51.2 Å². The van der Waals surface area contributed by atoms with Gasteiger partial charge in [-0.2, -0.15) is 5.26 Å². The number of hydrogen-bond donors (Lipinski definition) is 1. The first-order valence-electron chi connectivity index (χ1n) is 6.89. The molecule has 1 aliphatic rings. The molecule has 0 radical (unpaired) electrons. The molecule has 19 heavy (non-hydrogen) atoms. The zero-order valence-electron chi connectivity index (χ0n) is 12.0. The number of anilines is 1. The molecule has 2 rings (SSSR count). The van der Waals surface area contributed by atoms with Gasteiger partial charge in [0, 0.05) is 24.8 Å². The molecule has 0 unspecified atom stereocenters. The van der Waals surface area contributed by atoms with Crippen LogP contribution in [0.5, 0.6) is 0 Å². The average molecular weight is 258 g/mol. The average Bonchev–Trinajstić information content (AvgIpc) is 2.38. The molecule has 1 aliphatic carbocycles. The highest BCUT2D eigenvalue weighted by Gasteiger charge is 2.24. The van der Waals surface area contributed by atoms with E-state index < -0.39 is 0 Å². The van der Waals surface area contributed by atoms with E-state index in [4.69, 9.17) is 5.73 Å². The Bertz CT molecular complexity index is 496. The SMILES string of the molecule is Cc1cc(C)c(C#N)c(N(C)C2CCC(N)CC2)n1. The Morgan fingerprint density at radius 2 is 1.95 bits per heavy atom. The minimum atomic E-state index is 0.340. The minimum Gasteiger partial charge on any atom is -0.356 e. The predicted molar refractivity (Wildman–Crippen MR) is 77.1 cm³/mol. The standard InChI is InChI=1S/C15H22N4/c1-10-8-11(2)18-15(14(10)9-16)19(3)13-6-4-12(17)5-7-13/h8,12-13H,4-7,17H2,1-3H3. The van der Waals surface area contributed by atoms with E-state index >= 15 is 0 Å². The summed E-state index contributed by atoms with van der Waals surface area (Å²) in [5.41, 5.74) is 8.62. The molecule has 0 amide bonds. The molecule has 1 heterocycles. The third kappa shape index (κ3) is 2.87. The van der Waals surface area contributed by atoms with Gasteiger partial charge in [-0.15, -0.1) is 0 Å². The fraction of sp³-hybridized carbons (Fsp3) is 0.600. The molecule has 4 nitrogen and oxygen atoms in total. The van der Waals surface area contributed by atoms with Crippen molar-refractivity contribution in [2.24, 2.45) is 5.73 Å². The molecule has 0 atom stereocenters. The molecule has 0 aliphatic heterocycles. The van der Waals surface area contributed by atoms with Crippen LogP contribution in [-0.4, -0.2) is 24.1 Å². The zero-order chi connectivity index (χ0) is 14.0. The molecule has 4 heteroatoms. The molecular weight excluding hydrogens is 236 g/mol. The van der Waals surface area contributed by atoms with Crippen molar-refractivity contribution in [1.29, 1.82) is 5.26 Å². The Kier molecular flexibility index (Phi) is 4.06. The third-order valence-corrected chi connectivity index (χ3v) is 4.06. The van der Waals surface area contributed by atoms with E-state index in [2.05, 4.69) is 16.0 Å². The molecule has 102 valence electrons. The van der Waals surface area contributed by atoms with Crippen molar-refractivity contribution in [3.63, 3.8) is 0 Å². The number of hydrogen-bond acceptors (Lipinski definition) is 4. The van der Waals surface area contributed by atoms with Gasteiger partial charge in [-0.25, -0.2) is 4.98 Å². The fourth-order valence-corrected chi connectivity index (χ4v) is 2.87. The maximum atomic E-state index is 9.34. The van der Waals surface area contributed by atoms with Gasteiger partial charge in [0.15, 0.2) is 0 Å². The van der Waals surface area contributed by atoms with Gasteiger partial charge in [0.05, 0.1) is 5.56 Å². The Morgan fingerprint density at radius 1 is 1.32 bits per heavy atom. The maximum Gasteiger partial charge on any atom is 0.147 e. The quantitative estimate of drug-likeness (QED) is 0.883. The van der Waals surface area contributed by atoms with Gasteiger partial charge in [0.1, 0.15) is 11.9 Å². The summed E-state index contributed by atoms with van der Waals surface area (Å²) in [6.07, 6.45) is 4.28. The number of nitriles is 1. The second-order valence-electron chi connectivity index (χ2n) is 5.57. The van der Waals surface area contributed by atoms with Crippen LogP contribution in [0, 0.1) is 25.2 Å². The minimum absolute atomic E-state index is 0.340. The summed E-state index contributed by atoms with van der Waals surface area (Å²) in [7, 11) is 2.05. The number of nitrogens with zero attached hydrogens (tertiary/aromatic N) is 3. The molecule has 2 N–H and O–H groups in total. The molecule has 1 aromatic heterocycles. The molecule has 1 fully saturated rings. The topological polar surface area (TPSA) is 65.9 Å². The van der Waals surface area contributed by atoms with Crippen molar-refractivity contribution >= 4 is 5.82 Å². The van der Waals surface area contributed by atoms with Crippen LogP contribution in [0.15, 0.2) is 6.07 Å². The smallest absolute Gasteiger partial charge is 0.147 e. The second-order valence-corrected chi connectivity index (χ2v) is 5.57. The first-order valence-corrected chi connectivity index (χ1v) is 6.89. The van der Waals surface area contributed by atoms with E-state index in [1.807, 2.05) is 27.0 Å². The lowest BCUT2D eigenvalue weighted by Gasteiger charge is -2.34. The number of aromatic nitrogens is 1. The summed E-state index contributed by atoms with van der Waals surface area (Å²) in [6.45, 7) is 3.95. The second kappa shape index (κ2) is 5.58. The molecule has 0 aromatic carbocycles. The van der Waals surface area contributed by atoms with Gasteiger partial charge in [0.25, 0.3) is 0 Å². The zero-order valence-corrected chi connectivity index (χ0v) is 12.0. The lowest BCUT2D eigenvalue weighted by atomic mass is 9.90. The normalized spacial score (nSPS) is 22.9. The Balaban J connectivity index is 2.28.